The molecule has 0 radical (unpaired) electrons. The van der Waals surface area contributed by atoms with Crippen LogP contribution in [0, 0.1) is 3.57 Å². The minimum Gasteiger partial charge on any atom is -0.347 e. The number of carbonyl (C=O) groups excluding carboxylic acids is 1. The topological polar surface area (TPSA) is 32.3 Å². The van der Waals surface area contributed by atoms with Gasteiger partial charge in [0.05, 0.1) is 6.04 Å². The molecule has 1 N–H and O–H groups in total. The Morgan fingerprint density at radius 3 is 2.80 bits per heavy atom. The normalized spacial score (nSPS) is 12.5. The Labute approximate surface area is 108 Å². The summed E-state index contributed by atoms with van der Waals surface area (Å²) in [6, 6.07) is 2.00. The van der Waals surface area contributed by atoms with Gasteiger partial charge in [-0.05, 0) is 35.6 Å². The van der Waals surface area contributed by atoms with Gasteiger partial charge in [-0.2, -0.15) is 0 Å². The van der Waals surface area contributed by atoms with E-state index in [1.807, 2.05) is 6.92 Å². The first-order valence-corrected chi connectivity index (χ1v) is 6.64. The molecule has 1 rings (SSSR count). The van der Waals surface area contributed by atoms with Gasteiger partial charge in [0.15, 0.2) is 0 Å². The molecule has 1 atom stereocenters. The molecule has 0 bridgehead atoms. The highest BCUT2D eigenvalue weighted by Crippen LogP contribution is 2.16. The maximum absolute atomic E-state index is 11.5. The van der Waals surface area contributed by atoms with Crippen LogP contribution in [-0.4, -0.2) is 30.9 Å². The van der Waals surface area contributed by atoms with Crippen LogP contribution in [0.4, 0.5) is 0 Å². The smallest absolute Gasteiger partial charge is 0.238 e. The number of amides is 1. The second kappa shape index (κ2) is 5.81. The highest BCUT2D eigenvalue weighted by atomic mass is 127. The van der Waals surface area contributed by atoms with E-state index in [1.54, 1.807) is 30.3 Å². The molecular weight excluding hydrogens is 323 g/mol. The van der Waals surface area contributed by atoms with E-state index < -0.39 is 0 Å². The van der Waals surface area contributed by atoms with Gasteiger partial charge in [0.2, 0.25) is 5.91 Å². The van der Waals surface area contributed by atoms with Crippen LogP contribution in [0.3, 0.4) is 0 Å². The molecule has 0 aliphatic carbocycles. The quantitative estimate of drug-likeness (QED) is 0.851. The number of halogens is 1. The summed E-state index contributed by atoms with van der Waals surface area (Å²) < 4.78 is 1.25. The summed E-state index contributed by atoms with van der Waals surface area (Å²) in [6.07, 6.45) is 0. The van der Waals surface area contributed by atoms with Crippen molar-refractivity contribution < 1.29 is 4.79 Å². The number of nitrogens with one attached hydrogen (secondary N) is 1. The first-order valence-electron chi connectivity index (χ1n) is 4.68. The van der Waals surface area contributed by atoms with Gasteiger partial charge >= 0.3 is 0 Å². The number of hydrogen-bond donors (Lipinski definition) is 1. The third-order valence-corrected chi connectivity index (χ3v) is 4.00. The molecule has 84 valence electrons. The largest absolute Gasteiger partial charge is 0.347 e. The summed E-state index contributed by atoms with van der Waals surface area (Å²) in [5.41, 5.74) is 0. The van der Waals surface area contributed by atoms with Crippen molar-refractivity contribution in [3.8, 4) is 0 Å². The Hall–Kier alpha value is -0.140. The summed E-state index contributed by atoms with van der Waals surface area (Å²) in [4.78, 5) is 14.4. The van der Waals surface area contributed by atoms with Gasteiger partial charge in [-0.25, -0.2) is 0 Å². The summed E-state index contributed by atoms with van der Waals surface area (Å²) in [5.74, 6) is 0.112. The van der Waals surface area contributed by atoms with Crippen molar-refractivity contribution in [2.75, 3.05) is 14.1 Å². The number of hydrogen-bond acceptors (Lipinski definition) is 3. The molecule has 15 heavy (non-hydrogen) atoms. The third kappa shape index (κ3) is 4.08. The Morgan fingerprint density at radius 2 is 2.33 bits per heavy atom. The molecule has 1 aromatic heterocycles. The van der Waals surface area contributed by atoms with Crippen LogP contribution >= 0.6 is 33.9 Å². The molecule has 1 aromatic rings. The molecule has 0 aromatic carbocycles. The molecule has 0 spiro atoms. The number of likely N-dealkylation sites (N-methyl/N-ethyl adjacent to an activating group) is 1. The van der Waals surface area contributed by atoms with Gasteiger partial charge < -0.3 is 10.2 Å². The van der Waals surface area contributed by atoms with E-state index in [-0.39, 0.29) is 11.9 Å². The van der Waals surface area contributed by atoms with Gasteiger partial charge in [0.1, 0.15) is 0 Å². The van der Waals surface area contributed by atoms with Gasteiger partial charge in [-0.1, -0.05) is 0 Å². The molecule has 0 aliphatic rings. The Balaban J connectivity index is 2.40. The molecular formula is C10H15IN2OS. The van der Waals surface area contributed by atoms with Crippen molar-refractivity contribution >= 4 is 39.8 Å². The standard InChI is InChI=1S/C10H15IN2OS/c1-7(10(14)13(2)3)12-5-9-4-8(11)6-15-9/h4,6-7,12H,5H2,1-3H3/t7-/m0/s1. The van der Waals surface area contributed by atoms with Gasteiger partial charge in [-0.15, -0.1) is 11.3 Å². The molecule has 0 saturated carbocycles. The Morgan fingerprint density at radius 1 is 1.67 bits per heavy atom. The van der Waals surface area contributed by atoms with Crippen LogP contribution in [0.25, 0.3) is 0 Å². The van der Waals surface area contributed by atoms with Gasteiger partial charge in [0, 0.05) is 34.5 Å². The monoisotopic (exact) mass is 338 g/mol. The van der Waals surface area contributed by atoms with Crippen LogP contribution < -0.4 is 5.32 Å². The lowest BCUT2D eigenvalue weighted by atomic mass is 10.3. The first kappa shape index (κ1) is 12.9. The van der Waals surface area contributed by atoms with Crippen molar-refractivity contribution in [3.05, 3.63) is 19.9 Å². The SMILES string of the molecule is C[C@H](NCc1cc(I)cs1)C(=O)N(C)C. The van der Waals surface area contributed by atoms with Crippen LogP contribution in [0.1, 0.15) is 11.8 Å². The maximum atomic E-state index is 11.5. The van der Waals surface area contributed by atoms with Crippen molar-refractivity contribution in [2.45, 2.75) is 19.5 Å². The zero-order valence-electron chi connectivity index (χ0n) is 9.08. The highest BCUT2D eigenvalue weighted by Gasteiger charge is 2.13. The van der Waals surface area contributed by atoms with Crippen LogP contribution in [0.2, 0.25) is 0 Å². The lowest BCUT2D eigenvalue weighted by Gasteiger charge is -2.17. The zero-order chi connectivity index (χ0) is 11.4. The number of thiophene rings is 1. The fourth-order valence-corrected chi connectivity index (χ4v) is 2.84. The second-order valence-corrected chi connectivity index (χ2v) is 5.81. The zero-order valence-corrected chi connectivity index (χ0v) is 12.1. The van der Waals surface area contributed by atoms with Crippen molar-refractivity contribution in [2.24, 2.45) is 0 Å². The van der Waals surface area contributed by atoms with Crippen LogP contribution in [0.15, 0.2) is 11.4 Å². The summed E-state index contributed by atoms with van der Waals surface area (Å²) in [7, 11) is 3.54. The predicted molar refractivity (Wildman–Crippen MR) is 72.0 cm³/mol. The Bertz CT molecular complexity index is 338. The van der Waals surface area contributed by atoms with E-state index in [0.717, 1.165) is 6.54 Å². The minimum atomic E-state index is -0.125. The molecule has 0 aliphatic heterocycles. The molecule has 3 nitrogen and oxygen atoms in total. The lowest BCUT2D eigenvalue weighted by Crippen LogP contribution is -2.40. The first-order chi connectivity index (χ1) is 7.00. The summed E-state index contributed by atoms with van der Waals surface area (Å²) >= 11 is 4.01. The van der Waals surface area contributed by atoms with E-state index in [2.05, 4.69) is 39.4 Å². The highest BCUT2D eigenvalue weighted by molar-refractivity contribution is 14.1. The summed E-state index contributed by atoms with van der Waals surface area (Å²) in [6.45, 7) is 2.65. The molecule has 0 unspecified atom stereocenters. The molecule has 0 saturated heterocycles. The molecule has 1 amide bonds. The number of nitrogens with zero attached hydrogens (tertiary/aromatic N) is 1. The van der Waals surface area contributed by atoms with Crippen molar-refractivity contribution in [1.82, 2.24) is 10.2 Å². The van der Waals surface area contributed by atoms with Crippen LogP contribution in [0.5, 0.6) is 0 Å². The fraction of sp³-hybridized carbons (Fsp3) is 0.500. The van der Waals surface area contributed by atoms with E-state index in [9.17, 15) is 4.79 Å². The Kier molecular flexibility index (Phi) is 5.01. The predicted octanol–water partition coefficient (Wildman–Crippen LogP) is 1.92. The maximum Gasteiger partial charge on any atom is 0.238 e. The average Bonchev–Trinajstić information content (AvgIpc) is 2.59. The third-order valence-electron chi connectivity index (χ3n) is 2.02. The van der Waals surface area contributed by atoms with Crippen molar-refractivity contribution in [3.63, 3.8) is 0 Å². The van der Waals surface area contributed by atoms with Crippen molar-refractivity contribution in [1.29, 1.82) is 0 Å². The average molecular weight is 338 g/mol. The lowest BCUT2D eigenvalue weighted by molar-refractivity contribution is -0.130. The minimum absolute atomic E-state index is 0.112. The fourth-order valence-electron chi connectivity index (χ4n) is 1.17. The van der Waals surface area contributed by atoms with Crippen LogP contribution in [-0.2, 0) is 11.3 Å². The van der Waals surface area contributed by atoms with E-state index in [4.69, 9.17) is 0 Å². The van der Waals surface area contributed by atoms with E-state index >= 15 is 0 Å². The number of rotatable bonds is 4. The molecule has 0 fully saturated rings. The number of carbonyl (C=O) groups is 1. The summed E-state index contributed by atoms with van der Waals surface area (Å²) in [5, 5.41) is 5.32. The molecule has 1 heterocycles. The second-order valence-electron chi connectivity index (χ2n) is 3.57. The molecule has 5 heteroatoms. The van der Waals surface area contributed by atoms with Gasteiger partial charge in [-0.3, -0.25) is 4.79 Å². The van der Waals surface area contributed by atoms with E-state index in [1.165, 1.54) is 8.45 Å². The van der Waals surface area contributed by atoms with E-state index in [0.29, 0.717) is 0 Å². The van der Waals surface area contributed by atoms with Gasteiger partial charge in [0.25, 0.3) is 0 Å².